The topological polar surface area (TPSA) is 12.5 Å². The van der Waals surface area contributed by atoms with E-state index >= 15 is 0 Å². The van der Waals surface area contributed by atoms with Crippen LogP contribution in [0.15, 0.2) is 237 Å². The van der Waals surface area contributed by atoms with Crippen LogP contribution in [0.25, 0.3) is 66.8 Å². The predicted molar refractivity (Wildman–Crippen MR) is 259 cm³/mol. The highest BCUT2D eigenvalue weighted by atomic mass is 16.5. The Kier molecular flexibility index (Phi) is 7.85. The van der Waals surface area contributed by atoms with Crippen molar-refractivity contribution in [1.29, 1.82) is 0 Å². The van der Waals surface area contributed by atoms with E-state index in [-0.39, 0.29) is 0 Å². The Balaban J connectivity index is 1.10. The van der Waals surface area contributed by atoms with E-state index in [4.69, 9.17) is 4.74 Å². The van der Waals surface area contributed by atoms with Crippen molar-refractivity contribution < 1.29 is 4.74 Å². The number of anilines is 3. The molecule has 2 aliphatic carbocycles. The standard InChI is InChI=1S/C61H39NO/c1-2-16-40(17-3-1)41-30-32-42(33-31-41)62(43-35-37-60-54(38-43)48-21-7-6-20-47(48)53-25-11-15-29-59(53)63-60)44-34-36-52-46-19-5-4-18-45(46)49-22-8-12-26-55(49)61(58(52)39-44)56-27-13-9-23-50(56)51-24-10-14-28-57(51)61/h1-39H. The SMILES string of the molecule is c1ccc(-c2ccc(N(c3ccc4c(c3)-c3ccccc3-c3ccccc3O4)c3ccc4c(c3)C3(c5ccccc5-c5ccccc5-4)c4ccccc4-c4ccccc43)cc2)cc1. The molecule has 13 rings (SSSR count). The molecular formula is C61H39NO. The first-order chi connectivity index (χ1) is 31.3. The second-order valence-corrected chi connectivity index (χ2v) is 16.7. The number of hydrogen-bond acceptors (Lipinski definition) is 2. The van der Waals surface area contributed by atoms with E-state index in [1.807, 2.05) is 6.07 Å². The van der Waals surface area contributed by atoms with Crippen LogP contribution < -0.4 is 9.64 Å². The van der Waals surface area contributed by atoms with Gasteiger partial charge in [-0.3, -0.25) is 0 Å². The molecule has 0 bridgehead atoms. The molecule has 0 unspecified atom stereocenters. The molecule has 0 radical (unpaired) electrons. The van der Waals surface area contributed by atoms with Crippen LogP contribution in [0, 0.1) is 0 Å². The summed E-state index contributed by atoms with van der Waals surface area (Å²) in [6, 6.07) is 86.7. The van der Waals surface area contributed by atoms with E-state index in [9.17, 15) is 0 Å². The van der Waals surface area contributed by atoms with E-state index in [2.05, 4.69) is 235 Å². The summed E-state index contributed by atoms with van der Waals surface area (Å²) in [6.07, 6.45) is 0. The number of ether oxygens (including phenoxy) is 1. The zero-order valence-electron chi connectivity index (χ0n) is 34.4. The molecule has 0 saturated carbocycles. The van der Waals surface area contributed by atoms with Crippen LogP contribution in [-0.2, 0) is 5.41 Å². The van der Waals surface area contributed by atoms with Crippen LogP contribution in [0.2, 0.25) is 0 Å². The van der Waals surface area contributed by atoms with Crippen molar-refractivity contribution in [2.75, 3.05) is 4.90 Å². The molecule has 0 saturated heterocycles. The van der Waals surface area contributed by atoms with Crippen LogP contribution in [0.3, 0.4) is 0 Å². The lowest BCUT2D eigenvalue weighted by Crippen LogP contribution is -2.29. The monoisotopic (exact) mass is 801 g/mol. The molecule has 63 heavy (non-hydrogen) atoms. The second-order valence-electron chi connectivity index (χ2n) is 16.7. The maximum Gasteiger partial charge on any atom is 0.135 e. The average molecular weight is 802 g/mol. The van der Waals surface area contributed by atoms with Crippen molar-refractivity contribution in [3.63, 3.8) is 0 Å². The van der Waals surface area contributed by atoms with Crippen molar-refractivity contribution in [3.8, 4) is 78.3 Å². The quantitative estimate of drug-likeness (QED) is 0.176. The fraction of sp³-hybridized carbons (Fsp3) is 0.0164. The molecule has 0 amide bonds. The summed E-state index contributed by atoms with van der Waals surface area (Å²) in [4.78, 5) is 2.43. The van der Waals surface area contributed by atoms with Gasteiger partial charge in [0.05, 0.1) is 5.41 Å². The predicted octanol–water partition coefficient (Wildman–Crippen LogP) is 16.3. The summed E-state index contributed by atoms with van der Waals surface area (Å²) in [6.45, 7) is 0. The van der Waals surface area contributed by atoms with Crippen molar-refractivity contribution in [2.24, 2.45) is 0 Å². The summed E-state index contributed by atoms with van der Waals surface area (Å²) in [5.74, 6) is 1.70. The molecule has 3 aliphatic rings. The molecule has 0 atom stereocenters. The number of fused-ring (bicyclic) bond motifs is 17. The Morgan fingerprint density at radius 3 is 1.27 bits per heavy atom. The lowest BCUT2D eigenvalue weighted by Gasteiger charge is -2.36. The van der Waals surface area contributed by atoms with Gasteiger partial charge in [0, 0.05) is 28.2 Å². The third-order valence-electron chi connectivity index (χ3n) is 13.5. The summed E-state index contributed by atoms with van der Waals surface area (Å²) in [7, 11) is 0. The average Bonchev–Trinajstić information content (AvgIpc) is 3.50. The maximum atomic E-state index is 6.76. The van der Waals surface area contributed by atoms with Gasteiger partial charge in [0.15, 0.2) is 0 Å². The molecule has 2 heteroatoms. The molecular weight excluding hydrogens is 763 g/mol. The van der Waals surface area contributed by atoms with E-state index in [0.29, 0.717) is 0 Å². The first kappa shape index (κ1) is 35.5. The van der Waals surface area contributed by atoms with E-state index in [1.54, 1.807) is 0 Å². The minimum Gasteiger partial charge on any atom is -0.456 e. The van der Waals surface area contributed by atoms with Gasteiger partial charge in [-0.2, -0.15) is 0 Å². The summed E-state index contributed by atoms with van der Waals surface area (Å²) >= 11 is 0. The minimum absolute atomic E-state index is 0.594. The normalized spacial score (nSPS) is 13.0. The molecule has 2 nitrogen and oxygen atoms in total. The van der Waals surface area contributed by atoms with Crippen molar-refractivity contribution in [3.05, 3.63) is 259 Å². The highest BCUT2D eigenvalue weighted by Crippen LogP contribution is 2.62. The van der Waals surface area contributed by atoms with Gasteiger partial charge < -0.3 is 9.64 Å². The molecule has 0 N–H and O–H groups in total. The zero-order valence-corrected chi connectivity index (χ0v) is 34.4. The molecule has 1 spiro atoms. The molecule has 294 valence electrons. The highest BCUT2D eigenvalue weighted by molar-refractivity contribution is 5.99. The largest absolute Gasteiger partial charge is 0.456 e. The number of nitrogens with zero attached hydrogens (tertiary/aromatic N) is 1. The number of rotatable bonds is 4. The summed E-state index contributed by atoms with van der Waals surface area (Å²) in [5, 5.41) is 0. The lowest BCUT2D eigenvalue weighted by molar-refractivity contribution is 0.488. The van der Waals surface area contributed by atoms with Gasteiger partial charge in [0.1, 0.15) is 11.5 Å². The maximum absolute atomic E-state index is 6.76. The molecule has 10 aromatic carbocycles. The van der Waals surface area contributed by atoms with Crippen LogP contribution in [0.5, 0.6) is 11.5 Å². The third-order valence-corrected chi connectivity index (χ3v) is 13.5. The fourth-order valence-electron chi connectivity index (χ4n) is 10.9. The molecule has 10 aromatic rings. The van der Waals surface area contributed by atoms with Gasteiger partial charge in [-0.15, -0.1) is 0 Å². The summed E-state index contributed by atoms with van der Waals surface area (Å²) < 4.78 is 6.76. The van der Waals surface area contributed by atoms with Crippen molar-refractivity contribution >= 4 is 17.1 Å². The van der Waals surface area contributed by atoms with E-state index in [0.717, 1.165) is 50.8 Å². The minimum atomic E-state index is -0.594. The van der Waals surface area contributed by atoms with Crippen molar-refractivity contribution in [1.82, 2.24) is 0 Å². The Morgan fingerprint density at radius 1 is 0.254 bits per heavy atom. The number of hydrogen-bond donors (Lipinski definition) is 0. The number of benzene rings is 10. The second kappa shape index (κ2) is 13.9. The van der Waals surface area contributed by atoms with Crippen LogP contribution in [-0.4, -0.2) is 0 Å². The van der Waals surface area contributed by atoms with Crippen molar-refractivity contribution in [2.45, 2.75) is 5.41 Å². The highest BCUT2D eigenvalue weighted by Gasteiger charge is 2.49. The molecule has 1 aliphatic heterocycles. The van der Waals surface area contributed by atoms with Gasteiger partial charge in [-0.1, -0.05) is 188 Å². The smallest absolute Gasteiger partial charge is 0.135 e. The molecule has 0 aromatic heterocycles. The van der Waals surface area contributed by atoms with E-state index < -0.39 is 5.41 Å². The third kappa shape index (κ3) is 5.25. The Hall–Kier alpha value is -8.20. The number of para-hydroxylation sites is 1. The molecule has 1 heterocycles. The Labute approximate surface area is 367 Å². The Morgan fingerprint density at radius 2 is 0.651 bits per heavy atom. The fourth-order valence-corrected chi connectivity index (χ4v) is 10.9. The van der Waals surface area contributed by atoms with Gasteiger partial charge in [0.2, 0.25) is 0 Å². The van der Waals surface area contributed by atoms with Gasteiger partial charge >= 0.3 is 0 Å². The molecule has 0 fully saturated rings. The zero-order chi connectivity index (χ0) is 41.5. The van der Waals surface area contributed by atoms with Gasteiger partial charge in [-0.05, 0) is 126 Å². The van der Waals surface area contributed by atoms with Crippen LogP contribution in [0.1, 0.15) is 22.3 Å². The lowest BCUT2D eigenvalue weighted by atomic mass is 9.66. The van der Waals surface area contributed by atoms with E-state index in [1.165, 1.54) is 66.8 Å². The first-order valence-electron chi connectivity index (χ1n) is 21.8. The van der Waals surface area contributed by atoms with Crippen LogP contribution in [0.4, 0.5) is 17.1 Å². The first-order valence-corrected chi connectivity index (χ1v) is 21.8. The van der Waals surface area contributed by atoms with Crippen LogP contribution >= 0.6 is 0 Å². The van der Waals surface area contributed by atoms with Gasteiger partial charge in [-0.25, -0.2) is 0 Å². The van der Waals surface area contributed by atoms with Gasteiger partial charge in [0.25, 0.3) is 0 Å². The summed E-state index contributed by atoms with van der Waals surface area (Å²) in [5.41, 5.74) is 22.1. The Bertz CT molecular complexity index is 3390.